The van der Waals surface area contributed by atoms with Gasteiger partial charge < -0.3 is 10.5 Å². The molecule has 0 unspecified atom stereocenters. The predicted molar refractivity (Wildman–Crippen MR) is 86.7 cm³/mol. The number of ether oxygens (including phenoxy) is 1. The van der Waals surface area contributed by atoms with E-state index in [2.05, 4.69) is 15.9 Å². The van der Waals surface area contributed by atoms with E-state index in [4.69, 9.17) is 10.5 Å². The van der Waals surface area contributed by atoms with Crippen LogP contribution in [0.4, 0.5) is 5.69 Å². The van der Waals surface area contributed by atoms with Crippen LogP contribution in [0.5, 0.6) is 0 Å². The van der Waals surface area contributed by atoms with Crippen molar-refractivity contribution in [3.8, 4) is 0 Å². The predicted octanol–water partition coefficient (Wildman–Crippen LogP) is 2.53. The molecule has 1 heterocycles. The quantitative estimate of drug-likeness (QED) is 0.819. The van der Waals surface area contributed by atoms with Crippen molar-refractivity contribution in [2.24, 2.45) is 0 Å². The fourth-order valence-electron chi connectivity index (χ4n) is 2.56. The summed E-state index contributed by atoms with van der Waals surface area (Å²) in [7, 11) is -3.51. The number of nitrogens with zero attached hydrogens (tertiary/aromatic N) is 1. The van der Waals surface area contributed by atoms with Crippen LogP contribution in [-0.2, 0) is 14.8 Å². The Balaban J connectivity index is 2.24. The molecule has 118 valence electrons. The fourth-order valence-corrected chi connectivity index (χ4v) is 4.93. The molecule has 0 spiro atoms. The monoisotopic (exact) mass is 376 g/mol. The first-order valence-corrected chi connectivity index (χ1v) is 9.27. The summed E-state index contributed by atoms with van der Waals surface area (Å²) < 4.78 is 33.3. The first-order valence-electron chi connectivity index (χ1n) is 7.03. The first kappa shape index (κ1) is 16.7. The molecular weight excluding hydrogens is 356 g/mol. The molecule has 0 atom stereocenters. The van der Waals surface area contributed by atoms with E-state index in [1.54, 1.807) is 19.1 Å². The van der Waals surface area contributed by atoms with E-state index >= 15 is 0 Å². The number of nitrogens with two attached hydrogens (primary N) is 1. The maximum Gasteiger partial charge on any atom is 0.243 e. The summed E-state index contributed by atoms with van der Waals surface area (Å²) in [5.74, 6) is 0. The summed E-state index contributed by atoms with van der Waals surface area (Å²) >= 11 is 3.31. The van der Waals surface area contributed by atoms with Crippen molar-refractivity contribution in [3.05, 3.63) is 22.2 Å². The molecule has 0 saturated carbocycles. The van der Waals surface area contributed by atoms with E-state index in [0.29, 0.717) is 35.4 Å². The van der Waals surface area contributed by atoms with Gasteiger partial charge in [-0.3, -0.25) is 0 Å². The maximum absolute atomic E-state index is 12.8. The van der Waals surface area contributed by atoms with Crippen LogP contribution < -0.4 is 5.73 Å². The molecule has 1 fully saturated rings. The lowest BCUT2D eigenvalue weighted by atomic mass is 10.1. The van der Waals surface area contributed by atoms with Crippen LogP contribution in [0.3, 0.4) is 0 Å². The van der Waals surface area contributed by atoms with Crippen molar-refractivity contribution in [2.45, 2.75) is 37.7 Å². The Morgan fingerprint density at radius 3 is 2.57 bits per heavy atom. The van der Waals surface area contributed by atoms with Gasteiger partial charge >= 0.3 is 0 Å². The summed E-state index contributed by atoms with van der Waals surface area (Å²) in [6, 6.07) is 3.34. The van der Waals surface area contributed by atoms with E-state index < -0.39 is 10.0 Å². The molecule has 1 aliphatic rings. The van der Waals surface area contributed by atoms with Gasteiger partial charge in [-0.25, -0.2) is 8.42 Å². The Bertz CT molecular complexity index is 611. The third kappa shape index (κ3) is 3.59. The number of hydrogen-bond acceptors (Lipinski definition) is 4. The summed E-state index contributed by atoms with van der Waals surface area (Å²) in [6.07, 6.45) is 1.63. The number of hydrogen-bond donors (Lipinski definition) is 1. The summed E-state index contributed by atoms with van der Waals surface area (Å²) in [6.45, 7) is 5.33. The van der Waals surface area contributed by atoms with Crippen molar-refractivity contribution in [3.63, 3.8) is 0 Å². The number of anilines is 1. The molecular formula is C14H21BrN2O3S. The highest BCUT2D eigenvalue weighted by molar-refractivity contribution is 9.10. The number of rotatable bonds is 4. The maximum atomic E-state index is 12.8. The van der Waals surface area contributed by atoms with E-state index in [1.165, 1.54) is 4.31 Å². The number of sulfonamides is 1. The van der Waals surface area contributed by atoms with Crippen molar-refractivity contribution in [1.29, 1.82) is 0 Å². The van der Waals surface area contributed by atoms with Crippen molar-refractivity contribution in [2.75, 3.05) is 25.4 Å². The number of piperidine rings is 1. The Labute approximate surface area is 134 Å². The molecule has 2 N–H and O–H groups in total. The highest BCUT2D eigenvalue weighted by atomic mass is 79.9. The standard InChI is InChI=1S/C14H21BrN2O3S/c1-3-20-12-4-6-17(7-5-12)21(18,19)14-9-11(15)8-13(16)10(14)2/h8-9,12H,3-7,16H2,1-2H3. The SMILES string of the molecule is CCOC1CCN(S(=O)(=O)c2cc(Br)cc(N)c2C)CC1. The van der Waals surface area contributed by atoms with Crippen LogP contribution >= 0.6 is 15.9 Å². The Morgan fingerprint density at radius 2 is 2.00 bits per heavy atom. The van der Waals surface area contributed by atoms with Crippen LogP contribution in [0.15, 0.2) is 21.5 Å². The molecule has 0 bridgehead atoms. The number of halogens is 1. The third-order valence-corrected chi connectivity index (χ3v) is 6.27. The molecule has 5 nitrogen and oxygen atoms in total. The summed E-state index contributed by atoms with van der Waals surface area (Å²) in [5.41, 5.74) is 6.96. The highest BCUT2D eigenvalue weighted by Crippen LogP contribution is 2.30. The average Bonchev–Trinajstić information content (AvgIpc) is 2.43. The Morgan fingerprint density at radius 1 is 1.38 bits per heavy atom. The summed E-state index contributed by atoms with van der Waals surface area (Å²) in [4.78, 5) is 0.282. The molecule has 1 aromatic carbocycles. The van der Waals surface area contributed by atoms with E-state index in [1.807, 2.05) is 6.92 Å². The normalized spacial score (nSPS) is 18.0. The van der Waals surface area contributed by atoms with Gasteiger partial charge in [-0.2, -0.15) is 4.31 Å². The van der Waals surface area contributed by atoms with Gasteiger partial charge in [0.2, 0.25) is 10.0 Å². The number of benzene rings is 1. The largest absolute Gasteiger partial charge is 0.398 e. The van der Waals surface area contributed by atoms with Gasteiger partial charge in [0, 0.05) is 29.9 Å². The van der Waals surface area contributed by atoms with Crippen molar-refractivity contribution < 1.29 is 13.2 Å². The molecule has 0 amide bonds. The molecule has 0 aromatic heterocycles. The topological polar surface area (TPSA) is 72.6 Å². The van der Waals surface area contributed by atoms with Crippen LogP contribution in [0, 0.1) is 6.92 Å². The second kappa shape index (κ2) is 6.64. The molecule has 1 saturated heterocycles. The molecule has 0 aliphatic carbocycles. The molecule has 21 heavy (non-hydrogen) atoms. The smallest absolute Gasteiger partial charge is 0.243 e. The summed E-state index contributed by atoms with van der Waals surface area (Å²) in [5, 5.41) is 0. The average molecular weight is 377 g/mol. The zero-order valence-corrected chi connectivity index (χ0v) is 14.7. The molecule has 1 aromatic rings. The lowest BCUT2D eigenvalue weighted by Gasteiger charge is -2.31. The fraction of sp³-hybridized carbons (Fsp3) is 0.571. The van der Waals surface area contributed by atoms with Gasteiger partial charge in [0.05, 0.1) is 11.0 Å². The lowest BCUT2D eigenvalue weighted by Crippen LogP contribution is -2.41. The Kier molecular flexibility index (Phi) is 5.29. The minimum atomic E-state index is -3.51. The molecule has 0 radical (unpaired) electrons. The molecule has 7 heteroatoms. The van der Waals surface area contributed by atoms with Gasteiger partial charge in [0.1, 0.15) is 0 Å². The first-order chi connectivity index (χ1) is 9.86. The number of nitrogen functional groups attached to an aromatic ring is 1. The van der Waals surface area contributed by atoms with Gasteiger partial charge in [-0.15, -0.1) is 0 Å². The lowest BCUT2D eigenvalue weighted by molar-refractivity contribution is 0.0290. The van der Waals surface area contributed by atoms with Crippen molar-refractivity contribution in [1.82, 2.24) is 4.31 Å². The van der Waals surface area contributed by atoms with E-state index in [9.17, 15) is 8.42 Å². The Hall–Kier alpha value is -0.630. The van der Waals surface area contributed by atoms with Crippen molar-refractivity contribution >= 4 is 31.6 Å². The van der Waals surface area contributed by atoms with Gasteiger partial charge in [-0.1, -0.05) is 15.9 Å². The van der Waals surface area contributed by atoms with Gasteiger partial charge in [0.15, 0.2) is 0 Å². The minimum Gasteiger partial charge on any atom is -0.398 e. The van der Waals surface area contributed by atoms with Crippen LogP contribution in [0.1, 0.15) is 25.3 Å². The second-order valence-electron chi connectivity index (χ2n) is 5.18. The van der Waals surface area contributed by atoms with E-state index in [-0.39, 0.29) is 11.0 Å². The zero-order valence-electron chi connectivity index (χ0n) is 12.3. The third-order valence-electron chi connectivity index (χ3n) is 3.79. The second-order valence-corrected chi connectivity index (χ2v) is 8.00. The van der Waals surface area contributed by atoms with Gasteiger partial charge in [-0.05, 0) is 44.4 Å². The minimum absolute atomic E-state index is 0.162. The van der Waals surface area contributed by atoms with Crippen LogP contribution in [0.25, 0.3) is 0 Å². The zero-order chi connectivity index (χ0) is 15.6. The highest BCUT2D eigenvalue weighted by Gasteiger charge is 2.31. The molecule has 1 aliphatic heterocycles. The van der Waals surface area contributed by atoms with Gasteiger partial charge in [0.25, 0.3) is 0 Å². The van der Waals surface area contributed by atoms with Crippen LogP contribution in [0.2, 0.25) is 0 Å². The van der Waals surface area contributed by atoms with Crippen LogP contribution in [-0.4, -0.2) is 38.5 Å². The molecule has 2 rings (SSSR count). The van der Waals surface area contributed by atoms with E-state index in [0.717, 1.165) is 12.8 Å².